The molecule has 25 heavy (non-hydrogen) atoms. The van der Waals surface area contributed by atoms with Crippen LogP contribution < -0.4 is 5.32 Å². The number of rotatable bonds is 6. The lowest BCUT2D eigenvalue weighted by Gasteiger charge is -2.06. The SMILES string of the molecule is CCOC(=O)/C=C/c1ccc(NC(=O)c2ccc(S(C)=O)cc2)cc1. The molecule has 0 aliphatic rings. The van der Waals surface area contributed by atoms with E-state index in [1.54, 1.807) is 67.8 Å². The van der Waals surface area contributed by atoms with E-state index < -0.39 is 16.8 Å². The van der Waals surface area contributed by atoms with Crippen molar-refractivity contribution in [1.82, 2.24) is 0 Å². The number of hydrogen-bond donors (Lipinski definition) is 1. The van der Waals surface area contributed by atoms with E-state index in [-0.39, 0.29) is 5.91 Å². The third kappa shape index (κ3) is 5.69. The third-order valence-electron chi connectivity index (χ3n) is 3.32. The minimum absolute atomic E-state index is 0.247. The molecule has 0 aromatic heterocycles. The summed E-state index contributed by atoms with van der Waals surface area (Å²) in [5.41, 5.74) is 1.95. The van der Waals surface area contributed by atoms with Gasteiger partial charge in [0, 0.05) is 39.3 Å². The highest BCUT2D eigenvalue weighted by Crippen LogP contribution is 2.14. The molecule has 0 aliphatic heterocycles. The van der Waals surface area contributed by atoms with Gasteiger partial charge >= 0.3 is 5.97 Å². The molecule has 0 aliphatic carbocycles. The van der Waals surface area contributed by atoms with Crippen LogP contribution in [-0.4, -0.2) is 28.9 Å². The molecule has 0 spiro atoms. The van der Waals surface area contributed by atoms with Gasteiger partial charge in [-0.2, -0.15) is 0 Å². The van der Waals surface area contributed by atoms with E-state index in [0.717, 1.165) is 5.56 Å². The van der Waals surface area contributed by atoms with Crippen LogP contribution in [0.4, 0.5) is 5.69 Å². The predicted octanol–water partition coefficient (Wildman–Crippen LogP) is 3.25. The number of carbonyl (C=O) groups excluding carboxylic acids is 2. The Bertz CT molecular complexity index is 795. The van der Waals surface area contributed by atoms with Gasteiger partial charge in [0.2, 0.25) is 0 Å². The molecular formula is C19H19NO4S. The summed E-state index contributed by atoms with van der Waals surface area (Å²) in [4.78, 5) is 24.1. The summed E-state index contributed by atoms with van der Waals surface area (Å²) in [6.45, 7) is 2.09. The van der Waals surface area contributed by atoms with Crippen LogP contribution in [0.25, 0.3) is 6.08 Å². The van der Waals surface area contributed by atoms with Crippen molar-refractivity contribution >= 4 is 34.4 Å². The molecule has 1 atom stereocenters. The highest BCUT2D eigenvalue weighted by Gasteiger charge is 2.07. The van der Waals surface area contributed by atoms with Gasteiger partial charge in [-0.25, -0.2) is 4.79 Å². The Kier molecular flexibility index (Phi) is 6.65. The fourth-order valence-corrected chi connectivity index (χ4v) is 2.55. The Morgan fingerprint density at radius 3 is 2.28 bits per heavy atom. The maximum atomic E-state index is 12.2. The maximum Gasteiger partial charge on any atom is 0.330 e. The van der Waals surface area contributed by atoms with Crippen LogP contribution in [0.1, 0.15) is 22.8 Å². The minimum atomic E-state index is -1.07. The zero-order chi connectivity index (χ0) is 18.2. The van der Waals surface area contributed by atoms with Crippen LogP contribution in [0.3, 0.4) is 0 Å². The molecule has 0 radical (unpaired) electrons. The third-order valence-corrected chi connectivity index (χ3v) is 4.25. The highest BCUT2D eigenvalue weighted by molar-refractivity contribution is 7.84. The van der Waals surface area contributed by atoms with Crippen molar-refractivity contribution in [2.75, 3.05) is 18.2 Å². The average Bonchev–Trinajstić information content (AvgIpc) is 2.61. The first kappa shape index (κ1) is 18.6. The quantitative estimate of drug-likeness (QED) is 0.636. The van der Waals surface area contributed by atoms with Gasteiger partial charge in [-0.1, -0.05) is 12.1 Å². The predicted molar refractivity (Wildman–Crippen MR) is 98.8 cm³/mol. The lowest BCUT2D eigenvalue weighted by molar-refractivity contribution is -0.137. The van der Waals surface area contributed by atoms with E-state index >= 15 is 0 Å². The van der Waals surface area contributed by atoms with Crippen LogP contribution in [0.15, 0.2) is 59.5 Å². The Morgan fingerprint density at radius 1 is 1.08 bits per heavy atom. The van der Waals surface area contributed by atoms with Gasteiger partial charge in [0.05, 0.1) is 6.61 Å². The fraction of sp³-hybridized carbons (Fsp3) is 0.158. The zero-order valence-corrected chi connectivity index (χ0v) is 14.8. The van der Waals surface area contributed by atoms with Crippen molar-refractivity contribution in [1.29, 1.82) is 0 Å². The minimum Gasteiger partial charge on any atom is -0.463 e. The van der Waals surface area contributed by atoms with Crippen LogP contribution in [-0.2, 0) is 20.3 Å². The number of anilines is 1. The smallest absolute Gasteiger partial charge is 0.330 e. The number of nitrogens with one attached hydrogen (secondary N) is 1. The maximum absolute atomic E-state index is 12.2. The van der Waals surface area contributed by atoms with Gasteiger partial charge in [-0.15, -0.1) is 0 Å². The van der Waals surface area contributed by atoms with Crippen LogP contribution in [0.2, 0.25) is 0 Å². The van der Waals surface area contributed by atoms with E-state index in [0.29, 0.717) is 22.8 Å². The first-order valence-electron chi connectivity index (χ1n) is 7.69. The number of amides is 1. The molecule has 130 valence electrons. The molecule has 1 unspecified atom stereocenters. The molecule has 2 aromatic carbocycles. The molecule has 2 rings (SSSR count). The fourth-order valence-electron chi connectivity index (χ4n) is 2.03. The molecule has 0 saturated carbocycles. The Labute approximate surface area is 149 Å². The average molecular weight is 357 g/mol. The second kappa shape index (κ2) is 8.94. The van der Waals surface area contributed by atoms with Crippen LogP contribution in [0, 0.1) is 0 Å². The Morgan fingerprint density at radius 2 is 1.72 bits per heavy atom. The highest BCUT2D eigenvalue weighted by atomic mass is 32.2. The molecule has 2 aromatic rings. The molecule has 1 N–H and O–H groups in total. The number of esters is 1. The van der Waals surface area contributed by atoms with E-state index in [9.17, 15) is 13.8 Å². The van der Waals surface area contributed by atoms with Crippen LogP contribution >= 0.6 is 0 Å². The van der Waals surface area contributed by atoms with Gasteiger partial charge in [0.15, 0.2) is 0 Å². The summed E-state index contributed by atoms with van der Waals surface area (Å²) in [7, 11) is -1.07. The largest absolute Gasteiger partial charge is 0.463 e. The summed E-state index contributed by atoms with van der Waals surface area (Å²) >= 11 is 0. The summed E-state index contributed by atoms with van der Waals surface area (Å²) in [5.74, 6) is -0.639. The van der Waals surface area contributed by atoms with Gasteiger partial charge in [0.25, 0.3) is 5.91 Å². The van der Waals surface area contributed by atoms with Gasteiger partial charge < -0.3 is 10.1 Å². The van der Waals surface area contributed by atoms with Gasteiger partial charge in [-0.05, 0) is 55.0 Å². The first-order valence-corrected chi connectivity index (χ1v) is 9.25. The van der Waals surface area contributed by atoms with E-state index in [1.165, 1.54) is 6.08 Å². The van der Waals surface area contributed by atoms with Crippen molar-refractivity contribution in [3.63, 3.8) is 0 Å². The lowest BCUT2D eigenvalue weighted by Crippen LogP contribution is -2.11. The monoisotopic (exact) mass is 357 g/mol. The molecule has 0 fully saturated rings. The summed E-state index contributed by atoms with van der Waals surface area (Å²) in [6.07, 6.45) is 4.59. The molecule has 5 nitrogen and oxygen atoms in total. The van der Waals surface area contributed by atoms with Crippen molar-refractivity contribution in [3.8, 4) is 0 Å². The summed E-state index contributed by atoms with van der Waals surface area (Å²) in [5, 5.41) is 2.79. The number of hydrogen-bond acceptors (Lipinski definition) is 4. The Balaban J connectivity index is 1.99. The van der Waals surface area contributed by atoms with E-state index in [1.807, 2.05) is 0 Å². The van der Waals surface area contributed by atoms with Crippen molar-refractivity contribution in [2.45, 2.75) is 11.8 Å². The molecule has 6 heteroatoms. The molecule has 0 bridgehead atoms. The van der Waals surface area contributed by atoms with Crippen LogP contribution in [0.5, 0.6) is 0 Å². The standard InChI is InChI=1S/C19H19NO4S/c1-3-24-18(21)13-6-14-4-9-16(10-5-14)20-19(22)15-7-11-17(12-8-15)25(2)23/h4-13H,3H2,1-2H3,(H,20,22)/b13-6+. The molecule has 0 saturated heterocycles. The van der Waals surface area contributed by atoms with E-state index in [2.05, 4.69) is 5.32 Å². The van der Waals surface area contributed by atoms with Crippen molar-refractivity contribution in [3.05, 3.63) is 65.7 Å². The van der Waals surface area contributed by atoms with Crippen molar-refractivity contribution in [2.24, 2.45) is 0 Å². The number of carbonyl (C=O) groups is 2. The topological polar surface area (TPSA) is 72.5 Å². The number of ether oxygens (including phenoxy) is 1. The van der Waals surface area contributed by atoms with Gasteiger partial charge in [0.1, 0.15) is 0 Å². The molecule has 0 heterocycles. The van der Waals surface area contributed by atoms with Gasteiger partial charge in [-0.3, -0.25) is 9.00 Å². The van der Waals surface area contributed by atoms with E-state index in [4.69, 9.17) is 4.74 Å². The molecular weight excluding hydrogens is 338 g/mol. The van der Waals surface area contributed by atoms with Crippen molar-refractivity contribution < 1.29 is 18.5 Å². The summed E-state index contributed by atoms with van der Waals surface area (Å²) in [6, 6.07) is 13.7. The normalized spacial score (nSPS) is 11.9. The second-order valence-corrected chi connectivity index (χ2v) is 6.52. The second-order valence-electron chi connectivity index (χ2n) is 5.14. The summed E-state index contributed by atoms with van der Waals surface area (Å²) < 4.78 is 16.2. The number of benzene rings is 2. The first-order chi connectivity index (χ1) is 12.0. The zero-order valence-electron chi connectivity index (χ0n) is 14.0. The lowest BCUT2D eigenvalue weighted by atomic mass is 10.1. The Hall–Kier alpha value is -2.73. The molecule has 1 amide bonds.